The van der Waals surface area contributed by atoms with Crippen molar-refractivity contribution in [3.63, 3.8) is 0 Å². The highest BCUT2D eigenvalue weighted by Crippen LogP contribution is 2.30. The second kappa shape index (κ2) is 11.6. The standard InChI is InChI=1S/C29H31N3O5/c1-4-5-15-30-27(33)22-13-11-21(12-14-22)19-32-28(34)23-16-25(36-2)26(37-3)17-24(23)31(29(32)35)18-20-9-7-6-8-10-20/h6-14,16-17H,4-5,15,18-19H2,1-3H3,(H,30,33). The van der Waals surface area contributed by atoms with E-state index in [1.807, 2.05) is 30.3 Å². The summed E-state index contributed by atoms with van der Waals surface area (Å²) in [7, 11) is 3.01. The number of rotatable bonds is 10. The van der Waals surface area contributed by atoms with Crippen molar-refractivity contribution in [2.75, 3.05) is 20.8 Å². The highest BCUT2D eigenvalue weighted by Gasteiger charge is 2.18. The van der Waals surface area contributed by atoms with Crippen molar-refractivity contribution in [3.05, 3.63) is 104 Å². The van der Waals surface area contributed by atoms with E-state index in [2.05, 4.69) is 12.2 Å². The quantitative estimate of drug-likeness (QED) is 0.334. The maximum Gasteiger partial charge on any atom is 0.332 e. The smallest absolute Gasteiger partial charge is 0.332 e. The van der Waals surface area contributed by atoms with Crippen LogP contribution in [0.5, 0.6) is 11.5 Å². The molecule has 0 aliphatic carbocycles. The number of unbranched alkanes of at least 4 members (excludes halogenated alkanes) is 1. The molecular formula is C29H31N3O5. The van der Waals surface area contributed by atoms with Crippen molar-refractivity contribution < 1.29 is 14.3 Å². The Morgan fingerprint density at radius 1 is 0.838 bits per heavy atom. The number of ether oxygens (including phenoxy) is 2. The first-order chi connectivity index (χ1) is 18.0. The maximum absolute atomic E-state index is 13.7. The lowest BCUT2D eigenvalue weighted by Crippen LogP contribution is -2.40. The number of hydrogen-bond donors (Lipinski definition) is 1. The van der Waals surface area contributed by atoms with E-state index in [4.69, 9.17) is 9.47 Å². The zero-order valence-electron chi connectivity index (χ0n) is 21.3. The molecule has 1 N–H and O–H groups in total. The summed E-state index contributed by atoms with van der Waals surface area (Å²) in [4.78, 5) is 39.5. The van der Waals surface area contributed by atoms with Crippen LogP contribution in [0.3, 0.4) is 0 Å². The fourth-order valence-corrected chi connectivity index (χ4v) is 4.23. The molecule has 0 bridgehead atoms. The van der Waals surface area contributed by atoms with E-state index in [0.717, 1.165) is 24.0 Å². The van der Waals surface area contributed by atoms with E-state index in [-0.39, 0.29) is 19.0 Å². The lowest BCUT2D eigenvalue weighted by Gasteiger charge is -2.17. The van der Waals surface area contributed by atoms with E-state index in [1.54, 1.807) is 41.0 Å². The van der Waals surface area contributed by atoms with E-state index in [9.17, 15) is 14.4 Å². The minimum absolute atomic E-state index is 0.0640. The first-order valence-corrected chi connectivity index (χ1v) is 12.3. The van der Waals surface area contributed by atoms with Crippen LogP contribution in [-0.2, 0) is 13.1 Å². The molecule has 1 amide bonds. The zero-order chi connectivity index (χ0) is 26.4. The number of amides is 1. The van der Waals surface area contributed by atoms with Crippen LogP contribution in [0.25, 0.3) is 10.9 Å². The van der Waals surface area contributed by atoms with Gasteiger partial charge in [-0.05, 0) is 35.7 Å². The Balaban J connectivity index is 1.77. The SMILES string of the molecule is CCCCNC(=O)c1ccc(Cn2c(=O)c3cc(OC)c(OC)cc3n(Cc3ccccc3)c2=O)cc1. The number of nitrogens with zero attached hydrogens (tertiary/aromatic N) is 2. The topological polar surface area (TPSA) is 91.6 Å². The number of fused-ring (bicyclic) bond motifs is 1. The number of aromatic nitrogens is 2. The summed E-state index contributed by atoms with van der Waals surface area (Å²) in [6.45, 7) is 3.03. The fraction of sp³-hybridized carbons (Fsp3) is 0.276. The van der Waals surface area contributed by atoms with Crippen LogP contribution in [0, 0.1) is 0 Å². The van der Waals surface area contributed by atoms with Gasteiger partial charge in [0.15, 0.2) is 11.5 Å². The summed E-state index contributed by atoms with van der Waals surface area (Å²) in [6.07, 6.45) is 1.92. The maximum atomic E-state index is 13.7. The van der Waals surface area contributed by atoms with Gasteiger partial charge in [-0.1, -0.05) is 55.8 Å². The highest BCUT2D eigenvalue weighted by molar-refractivity contribution is 5.94. The van der Waals surface area contributed by atoms with Crippen molar-refractivity contribution in [1.82, 2.24) is 14.5 Å². The molecule has 8 heteroatoms. The second-order valence-electron chi connectivity index (χ2n) is 8.78. The van der Waals surface area contributed by atoms with Crippen molar-refractivity contribution in [3.8, 4) is 11.5 Å². The van der Waals surface area contributed by atoms with Gasteiger partial charge in [0.1, 0.15) is 0 Å². The second-order valence-corrected chi connectivity index (χ2v) is 8.78. The van der Waals surface area contributed by atoms with Crippen LogP contribution in [0.4, 0.5) is 0 Å². The predicted octanol–water partition coefficient (Wildman–Crippen LogP) is 3.81. The van der Waals surface area contributed by atoms with Gasteiger partial charge in [-0.3, -0.25) is 18.7 Å². The summed E-state index contributed by atoms with van der Waals surface area (Å²) < 4.78 is 13.6. The Labute approximate surface area is 215 Å². The molecule has 4 rings (SSSR count). The Morgan fingerprint density at radius 3 is 2.11 bits per heavy atom. The number of methoxy groups -OCH3 is 2. The van der Waals surface area contributed by atoms with Gasteiger partial charge in [-0.25, -0.2) is 4.79 Å². The van der Waals surface area contributed by atoms with Gasteiger partial charge in [-0.2, -0.15) is 0 Å². The van der Waals surface area contributed by atoms with Gasteiger partial charge in [0.2, 0.25) is 0 Å². The number of hydrogen-bond acceptors (Lipinski definition) is 5. The Kier molecular flexibility index (Phi) is 8.08. The molecule has 192 valence electrons. The molecule has 0 radical (unpaired) electrons. The van der Waals surface area contributed by atoms with Gasteiger partial charge in [0, 0.05) is 18.2 Å². The number of benzene rings is 3. The average molecular weight is 502 g/mol. The summed E-state index contributed by atoms with van der Waals surface area (Å²) >= 11 is 0. The van der Waals surface area contributed by atoms with Crippen LogP contribution in [0.15, 0.2) is 76.3 Å². The molecule has 3 aromatic carbocycles. The van der Waals surface area contributed by atoms with E-state index in [1.165, 1.54) is 18.8 Å². The fourth-order valence-electron chi connectivity index (χ4n) is 4.23. The molecule has 0 fully saturated rings. The first-order valence-electron chi connectivity index (χ1n) is 12.3. The Morgan fingerprint density at radius 2 is 1.46 bits per heavy atom. The molecule has 0 saturated heterocycles. The summed E-state index contributed by atoms with van der Waals surface area (Å²) in [5.41, 5.74) is 1.79. The molecule has 0 aliphatic rings. The summed E-state index contributed by atoms with van der Waals surface area (Å²) in [5.74, 6) is 0.692. The van der Waals surface area contributed by atoms with Crippen LogP contribution < -0.4 is 26.0 Å². The molecule has 4 aromatic rings. The van der Waals surface area contributed by atoms with Crippen molar-refractivity contribution in [2.24, 2.45) is 0 Å². The largest absolute Gasteiger partial charge is 0.493 e. The van der Waals surface area contributed by atoms with Gasteiger partial charge < -0.3 is 14.8 Å². The molecule has 0 saturated carbocycles. The number of carbonyl (C=O) groups excluding carboxylic acids is 1. The molecule has 0 atom stereocenters. The monoisotopic (exact) mass is 501 g/mol. The van der Waals surface area contributed by atoms with Crippen molar-refractivity contribution >= 4 is 16.8 Å². The summed E-state index contributed by atoms with van der Waals surface area (Å²) in [6, 6.07) is 19.8. The molecule has 37 heavy (non-hydrogen) atoms. The molecule has 0 aliphatic heterocycles. The summed E-state index contributed by atoms with van der Waals surface area (Å²) in [5, 5.41) is 3.24. The third kappa shape index (κ3) is 5.58. The predicted molar refractivity (Wildman–Crippen MR) is 144 cm³/mol. The normalized spacial score (nSPS) is 10.9. The lowest BCUT2D eigenvalue weighted by molar-refractivity contribution is 0.0953. The molecular weight excluding hydrogens is 470 g/mol. The van der Waals surface area contributed by atoms with E-state index >= 15 is 0 Å². The molecule has 0 unspecified atom stereocenters. The van der Waals surface area contributed by atoms with Gasteiger partial charge in [-0.15, -0.1) is 0 Å². The van der Waals surface area contributed by atoms with Crippen LogP contribution in [0.2, 0.25) is 0 Å². The molecule has 0 spiro atoms. The minimum atomic E-state index is -0.435. The van der Waals surface area contributed by atoms with Gasteiger partial charge in [0.25, 0.3) is 11.5 Å². The van der Waals surface area contributed by atoms with Crippen molar-refractivity contribution in [2.45, 2.75) is 32.9 Å². The third-order valence-electron chi connectivity index (χ3n) is 6.29. The molecule has 1 heterocycles. The van der Waals surface area contributed by atoms with Crippen LogP contribution in [-0.4, -0.2) is 35.8 Å². The molecule has 1 aromatic heterocycles. The lowest BCUT2D eigenvalue weighted by atomic mass is 10.1. The number of carbonyl (C=O) groups is 1. The van der Waals surface area contributed by atoms with Crippen molar-refractivity contribution in [1.29, 1.82) is 0 Å². The van der Waals surface area contributed by atoms with E-state index in [0.29, 0.717) is 34.5 Å². The number of nitrogens with one attached hydrogen (secondary N) is 1. The van der Waals surface area contributed by atoms with Crippen LogP contribution >= 0.6 is 0 Å². The minimum Gasteiger partial charge on any atom is -0.493 e. The average Bonchev–Trinajstić information content (AvgIpc) is 2.93. The third-order valence-corrected chi connectivity index (χ3v) is 6.29. The highest BCUT2D eigenvalue weighted by atomic mass is 16.5. The van der Waals surface area contributed by atoms with Gasteiger partial charge in [0.05, 0.1) is 38.2 Å². The zero-order valence-corrected chi connectivity index (χ0v) is 21.3. The Bertz CT molecular complexity index is 1510. The van der Waals surface area contributed by atoms with E-state index < -0.39 is 11.2 Å². The van der Waals surface area contributed by atoms with Crippen LogP contribution in [0.1, 0.15) is 41.3 Å². The molecule has 8 nitrogen and oxygen atoms in total. The first kappa shape index (κ1) is 25.8. The van der Waals surface area contributed by atoms with Gasteiger partial charge >= 0.3 is 5.69 Å². The Hall–Kier alpha value is -4.33.